The van der Waals surface area contributed by atoms with Crippen LogP contribution >= 0.6 is 0 Å². The Hall–Kier alpha value is -0.730. The lowest BCUT2D eigenvalue weighted by Crippen LogP contribution is -2.27. The van der Waals surface area contributed by atoms with E-state index in [1.54, 1.807) is 0 Å². The van der Waals surface area contributed by atoms with E-state index in [9.17, 15) is 4.79 Å². The number of carbonyl (C=O) groups is 1. The lowest BCUT2D eigenvalue weighted by atomic mass is 10.3. The average Bonchev–Trinajstić information content (AvgIpc) is 2.53. The van der Waals surface area contributed by atoms with Crippen LogP contribution in [0.4, 0.5) is 0 Å². The molecule has 0 aromatic rings. The maximum Gasteiger partial charge on any atom is 0.207 e. The van der Waals surface area contributed by atoms with Gasteiger partial charge in [-0.3, -0.25) is 4.79 Å². The summed E-state index contributed by atoms with van der Waals surface area (Å²) in [4.78, 5) is 9.96. The summed E-state index contributed by atoms with van der Waals surface area (Å²) in [7, 11) is 0. The van der Waals surface area contributed by atoms with Crippen molar-refractivity contribution < 1.29 is 19.0 Å². The molecule has 0 fully saturated rings. The Morgan fingerprint density at radius 1 is 0.720 bits per heavy atom. The van der Waals surface area contributed by atoms with Crippen molar-refractivity contribution in [1.29, 1.82) is 0 Å². The van der Waals surface area contributed by atoms with Crippen LogP contribution in [0.2, 0.25) is 0 Å². The van der Waals surface area contributed by atoms with Gasteiger partial charge in [-0.2, -0.15) is 0 Å². The van der Waals surface area contributed by atoms with Gasteiger partial charge in [-0.1, -0.05) is 34.6 Å². The molecule has 0 aliphatic heterocycles. The van der Waals surface area contributed by atoms with Crippen LogP contribution in [-0.2, 0) is 19.0 Å². The lowest BCUT2D eigenvalue weighted by Gasteiger charge is -2.09. The molecule has 0 aliphatic rings. The quantitative estimate of drug-likeness (QED) is 0.265. The molecule has 0 aromatic heterocycles. The van der Waals surface area contributed by atoms with Gasteiger partial charge >= 0.3 is 0 Å². The minimum Gasteiger partial charge on any atom is -0.378 e. The van der Waals surface area contributed by atoms with E-state index in [0.717, 1.165) is 32.2 Å². The van der Waals surface area contributed by atoms with E-state index in [4.69, 9.17) is 14.2 Å². The number of nitrogens with one attached hydrogen (secondary N) is 3. The molecule has 0 saturated carbocycles. The topological polar surface area (TPSA) is 80.8 Å². The largest absolute Gasteiger partial charge is 0.378 e. The highest BCUT2D eigenvalue weighted by Gasteiger charge is 1.93. The van der Waals surface area contributed by atoms with Crippen LogP contribution in [0.15, 0.2) is 0 Å². The van der Waals surface area contributed by atoms with Gasteiger partial charge in [0.25, 0.3) is 0 Å². The number of rotatable bonds is 17. The normalized spacial score (nSPS) is 10.7. The van der Waals surface area contributed by atoms with Crippen LogP contribution in [0.5, 0.6) is 0 Å². The second kappa shape index (κ2) is 23.3. The van der Waals surface area contributed by atoms with E-state index >= 15 is 0 Å². The summed E-state index contributed by atoms with van der Waals surface area (Å²) < 4.78 is 16.1. The fraction of sp³-hybridized carbons (Fsp3) is 0.944. The summed E-state index contributed by atoms with van der Waals surface area (Å²) in [5.41, 5.74) is 0. The third-order valence-electron chi connectivity index (χ3n) is 2.49. The summed E-state index contributed by atoms with van der Waals surface area (Å²) in [5, 5.41) is 9.03. The molecule has 1 amide bonds. The molecule has 0 saturated heterocycles. The second-order valence-corrected chi connectivity index (χ2v) is 6.50. The molecule has 0 radical (unpaired) electrons. The van der Waals surface area contributed by atoms with Gasteiger partial charge in [0.15, 0.2) is 0 Å². The van der Waals surface area contributed by atoms with E-state index in [-0.39, 0.29) is 0 Å². The van der Waals surface area contributed by atoms with Crippen molar-refractivity contribution in [1.82, 2.24) is 16.0 Å². The zero-order valence-electron chi connectivity index (χ0n) is 16.9. The fourth-order valence-corrected chi connectivity index (χ4v) is 1.45. The van der Waals surface area contributed by atoms with E-state index < -0.39 is 0 Å². The Morgan fingerprint density at radius 2 is 1.16 bits per heavy atom. The van der Waals surface area contributed by atoms with Gasteiger partial charge in [-0.05, 0) is 5.92 Å². The third-order valence-corrected chi connectivity index (χ3v) is 2.49. The molecule has 7 heteroatoms. The van der Waals surface area contributed by atoms with Crippen molar-refractivity contribution in [2.24, 2.45) is 5.92 Å². The van der Waals surface area contributed by atoms with Crippen molar-refractivity contribution in [3.63, 3.8) is 0 Å². The molecule has 0 heterocycles. The SMILES string of the molecule is CC(C)C.CC(C)NCCOCCOCCNCCOCCNC=O. The van der Waals surface area contributed by atoms with Crippen LogP contribution in [0.3, 0.4) is 0 Å². The van der Waals surface area contributed by atoms with Crippen LogP contribution in [0.25, 0.3) is 0 Å². The van der Waals surface area contributed by atoms with Crippen molar-refractivity contribution in [3.8, 4) is 0 Å². The number of hydrogen-bond acceptors (Lipinski definition) is 6. The molecule has 0 bridgehead atoms. The zero-order chi connectivity index (χ0) is 19.2. The molecule has 0 rings (SSSR count). The first-order chi connectivity index (χ1) is 12.0. The summed E-state index contributed by atoms with van der Waals surface area (Å²) in [6.07, 6.45) is 0.670. The van der Waals surface area contributed by atoms with Crippen molar-refractivity contribution in [2.75, 3.05) is 65.8 Å². The summed E-state index contributed by atoms with van der Waals surface area (Å²) in [6.45, 7) is 17.5. The van der Waals surface area contributed by atoms with E-state index in [0.29, 0.717) is 52.0 Å². The maximum atomic E-state index is 9.96. The Morgan fingerprint density at radius 3 is 1.64 bits per heavy atom. The van der Waals surface area contributed by atoms with Gasteiger partial charge < -0.3 is 30.2 Å². The highest BCUT2D eigenvalue weighted by molar-refractivity contribution is 5.45. The Labute approximate surface area is 154 Å². The minimum atomic E-state index is 0.501. The predicted molar refractivity (Wildman–Crippen MR) is 103 cm³/mol. The van der Waals surface area contributed by atoms with Gasteiger partial charge in [0, 0.05) is 32.2 Å². The highest BCUT2D eigenvalue weighted by Crippen LogP contribution is 1.81. The molecule has 7 nitrogen and oxygen atoms in total. The Balaban J connectivity index is 0. The minimum absolute atomic E-state index is 0.501. The van der Waals surface area contributed by atoms with Crippen LogP contribution in [0.1, 0.15) is 34.6 Å². The van der Waals surface area contributed by atoms with Gasteiger partial charge in [0.1, 0.15) is 0 Å². The van der Waals surface area contributed by atoms with Crippen LogP contribution in [0, 0.1) is 5.92 Å². The van der Waals surface area contributed by atoms with Crippen molar-refractivity contribution >= 4 is 6.41 Å². The molecular formula is C18H41N3O4. The second-order valence-electron chi connectivity index (χ2n) is 6.50. The first kappa shape index (κ1) is 26.5. The van der Waals surface area contributed by atoms with Crippen LogP contribution < -0.4 is 16.0 Å². The molecule has 0 spiro atoms. The van der Waals surface area contributed by atoms with Crippen LogP contribution in [-0.4, -0.2) is 78.3 Å². The molecule has 0 unspecified atom stereocenters. The summed E-state index contributed by atoms with van der Waals surface area (Å²) in [6, 6.07) is 0.501. The summed E-state index contributed by atoms with van der Waals surface area (Å²) >= 11 is 0. The predicted octanol–water partition coefficient (Wildman–Crippen LogP) is 1.03. The molecule has 0 aliphatic carbocycles. The smallest absolute Gasteiger partial charge is 0.207 e. The fourth-order valence-electron chi connectivity index (χ4n) is 1.45. The number of hydrogen-bond donors (Lipinski definition) is 3. The number of amides is 1. The molecular weight excluding hydrogens is 322 g/mol. The molecule has 25 heavy (non-hydrogen) atoms. The molecule has 152 valence electrons. The number of ether oxygens (including phenoxy) is 3. The van der Waals surface area contributed by atoms with Gasteiger partial charge in [0.05, 0.1) is 39.6 Å². The standard InChI is InChI=1S/C14H31N3O4.C4H10/c1-14(2)17-6-10-21-12-11-20-8-4-15-3-7-19-9-5-16-13-18;1-4(2)3/h13-15,17H,3-12H2,1-2H3,(H,16,18);4H,1-3H3. The average molecular weight is 364 g/mol. The lowest BCUT2D eigenvalue weighted by molar-refractivity contribution is -0.109. The first-order valence-electron chi connectivity index (χ1n) is 9.35. The summed E-state index contributed by atoms with van der Waals surface area (Å²) in [5.74, 6) is 0.833. The zero-order valence-corrected chi connectivity index (χ0v) is 16.9. The Kier molecular flexibility index (Phi) is 24.7. The molecule has 0 atom stereocenters. The maximum absolute atomic E-state index is 9.96. The third kappa shape index (κ3) is 35.3. The van der Waals surface area contributed by atoms with E-state index in [1.165, 1.54) is 0 Å². The molecule has 0 aromatic carbocycles. The van der Waals surface area contributed by atoms with Gasteiger partial charge in [-0.25, -0.2) is 0 Å². The highest BCUT2D eigenvalue weighted by atomic mass is 16.5. The number of carbonyl (C=O) groups excluding carboxylic acids is 1. The Bertz CT molecular complexity index is 252. The van der Waals surface area contributed by atoms with E-state index in [2.05, 4.69) is 50.6 Å². The van der Waals surface area contributed by atoms with Gasteiger partial charge in [-0.15, -0.1) is 0 Å². The van der Waals surface area contributed by atoms with Crippen molar-refractivity contribution in [2.45, 2.75) is 40.7 Å². The monoisotopic (exact) mass is 363 g/mol. The van der Waals surface area contributed by atoms with Crippen molar-refractivity contribution in [3.05, 3.63) is 0 Å². The molecule has 3 N–H and O–H groups in total. The van der Waals surface area contributed by atoms with E-state index in [1.807, 2.05) is 0 Å². The first-order valence-corrected chi connectivity index (χ1v) is 9.35. The van der Waals surface area contributed by atoms with Gasteiger partial charge in [0.2, 0.25) is 6.41 Å².